The maximum absolute atomic E-state index is 10.7. The molecule has 0 heterocycles. The third-order valence-electron chi connectivity index (χ3n) is 2.12. The maximum Gasteiger partial charge on any atom is 0.186 e. The van der Waals surface area contributed by atoms with Crippen molar-refractivity contribution in [3.8, 4) is 0 Å². The lowest BCUT2D eigenvalue weighted by molar-refractivity contribution is -0.109. The number of thioether (sulfide) groups is 1. The topological polar surface area (TPSA) is 34.1 Å². The first-order valence-electron chi connectivity index (χ1n) is 4.99. The number of aldehydes is 1. The van der Waals surface area contributed by atoms with Gasteiger partial charge < -0.3 is 0 Å². The lowest BCUT2D eigenvalue weighted by Crippen LogP contribution is -1.86. The molecule has 0 saturated heterocycles. The number of aryl methyl sites for hydroxylation is 1. The van der Waals surface area contributed by atoms with Gasteiger partial charge in [-0.2, -0.15) is 0 Å². The minimum Gasteiger partial charge on any atom is -0.298 e. The van der Waals surface area contributed by atoms with E-state index in [9.17, 15) is 9.59 Å². The Hall–Kier alpha value is -1.35. The van der Waals surface area contributed by atoms with Crippen molar-refractivity contribution in [2.45, 2.75) is 13.8 Å². The molecule has 0 N–H and O–H groups in total. The zero-order valence-electron chi connectivity index (χ0n) is 9.40. The van der Waals surface area contributed by atoms with Crippen molar-refractivity contribution in [2.24, 2.45) is 0 Å². The third kappa shape index (κ3) is 4.03. The summed E-state index contributed by atoms with van der Waals surface area (Å²) in [5.41, 5.74) is 2.81. The molecule has 0 aliphatic carbocycles. The lowest BCUT2D eigenvalue weighted by atomic mass is 10.1. The monoisotopic (exact) mass is 234 g/mol. The summed E-state index contributed by atoms with van der Waals surface area (Å²) >= 11 is 1.27. The van der Waals surface area contributed by atoms with Crippen molar-refractivity contribution in [3.63, 3.8) is 0 Å². The van der Waals surface area contributed by atoms with E-state index in [-0.39, 0.29) is 5.12 Å². The Bertz CT molecular complexity index is 422. The average Bonchev–Trinajstić information content (AvgIpc) is 2.26. The summed E-state index contributed by atoms with van der Waals surface area (Å²) in [6, 6.07) is 5.56. The summed E-state index contributed by atoms with van der Waals surface area (Å²) in [4.78, 5) is 21.3. The van der Waals surface area contributed by atoms with Gasteiger partial charge in [-0.25, -0.2) is 0 Å². The van der Waals surface area contributed by atoms with Gasteiger partial charge in [-0.3, -0.25) is 9.59 Å². The zero-order valence-corrected chi connectivity index (χ0v) is 10.2. The van der Waals surface area contributed by atoms with Crippen LogP contribution >= 0.6 is 11.8 Å². The fraction of sp³-hybridized carbons (Fsp3) is 0.231. The van der Waals surface area contributed by atoms with E-state index in [1.165, 1.54) is 11.8 Å². The molecule has 0 aromatic heterocycles. The highest BCUT2D eigenvalue weighted by Gasteiger charge is 1.96. The van der Waals surface area contributed by atoms with Crippen LogP contribution in [-0.2, 0) is 4.79 Å². The number of benzene rings is 1. The zero-order chi connectivity index (χ0) is 12.0. The van der Waals surface area contributed by atoms with Gasteiger partial charge in [0, 0.05) is 18.2 Å². The minimum atomic E-state index is 0.114. The Morgan fingerprint density at radius 3 is 2.81 bits per heavy atom. The summed E-state index contributed by atoms with van der Waals surface area (Å²) in [7, 11) is 0. The van der Waals surface area contributed by atoms with Gasteiger partial charge in [0.05, 0.1) is 0 Å². The second kappa shape index (κ2) is 6.28. The smallest absolute Gasteiger partial charge is 0.186 e. The molecule has 0 unspecified atom stereocenters. The molecule has 0 spiro atoms. The van der Waals surface area contributed by atoms with E-state index < -0.39 is 0 Å². The van der Waals surface area contributed by atoms with Crippen molar-refractivity contribution in [1.82, 2.24) is 0 Å². The molecule has 1 aromatic rings. The van der Waals surface area contributed by atoms with Crippen LogP contribution in [0, 0.1) is 6.92 Å². The molecular formula is C13H14O2S. The van der Waals surface area contributed by atoms with Crippen LogP contribution in [0.1, 0.15) is 28.4 Å². The van der Waals surface area contributed by atoms with Crippen LogP contribution < -0.4 is 0 Å². The second-order valence-electron chi connectivity index (χ2n) is 3.44. The van der Waals surface area contributed by atoms with Gasteiger partial charge in [0.25, 0.3) is 0 Å². The van der Waals surface area contributed by atoms with Crippen LogP contribution in [0.2, 0.25) is 0 Å². The van der Waals surface area contributed by atoms with E-state index >= 15 is 0 Å². The number of carbonyl (C=O) groups is 2. The Labute approximate surface area is 99.7 Å². The van der Waals surface area contributed by atoms with Crippen molar-refractivity contribution >= 4 is 29.2 Å². The normalized spacial score (nSPS) is 10.6. The lowest BCUT2D eigenvalue weighted by Gasteiger charge is -2.00. The number of rotatable bonds is 4. The fourth-order valence-corrected chi connectivity index (χ4v) is 1.68. The molecular weight excluding hydrogens is 220 g/mol. The summed E-state index contributed by atoms with van der Waals surface area (Å²) in [6.45, 7) is 3.54. The van der Waals surface area contributed by atoms with Crippen molar-refractivity contribution < 1.29 is 9.59 Å². The SMILES string of the molecule is CC(=O)SCC=Cc1cc(C=O)ccc1C. The summed E-state index contributed by atoms with van der Waals surface area (Å²) in [5, 5.41) is 0.114. The number of hydrogen-bond acceptors (Lipinski definition) is 3. The van der Waals surface area contributed by atoms with Crippen LogP contribution in [0.5, 0.6) is 0 Å². The Kier molecular flexibility index (Phi) is 4.99. The summed E-state index contributed by atoms with van der Waals surface area (Å²) < 4.78 is 0. The van der Waals surface area contributed by atoms with E-state index in [2.05, 4.69) is 0 Å². The molecule has 0 bridgehead atoms. The first kappa shape index (κ1) is 12.7. The number of carbonyl (C=O) groups excluding carboxylic acids is 2. The van der Waals surface area contributed by atoms with Gasteiger partial charge in [0.1, 0.15) is 6.29 Å². The van der Waals surface area contributed by atoms with Crippen molar-refractivity contribution in [3.05, 3.63) is 41.0 Å². The van der Waals surface area contributed by atoms with Crippen LogP contribution in [0.4, 0.5) is 0 Å². The predicted octanol–water partition coefficient (Wildman–Crippen LogP) is 3.10. The van der Waals surface area contributed by atoms with Gasteiger partial charge in [-0.05, 0) is 24.1 Å². The molecule has 0 aliphatic rings. The highest BCUT2D eigenvalue weighted by atomic mass is 32.2. The number of hydrogen-bond donors (Lipinski definition) is 0. The quantitative estimate of drug-likeness (QED) is 0.751. The van der Waals surface area contributed by atoms with Gasteiger partial charge in [-0.1, -0.05) is 36.0 Å². The second-order valence-corrected chi connectivity index (χ2v) is 4.64. The highest BCUT2D eigenvalue weighted by molar-refractivity contribution is 8.13. The van der Waals surface area contributed by atoms with Crippen molar-refractivity contribution in [2.75, 3.05) is 5.75 Å². The molecule has 0 aliphatic heterocycles. The molecule has 84 valence electrons. The first-order chi connectivity index (χ1) is 7.63. The minimum absolute atomic E-state index is 0.114. The van der Waals surface area contributed by atoms with Crippen LogP contribution in [-0.4, -0.2) is 17.2 Å². The molecule has 0 fully saturated rings. The largest absolute Gasteiger partial charge is 0.298 e. The van der Waals surface area contributed by atoms with Gasteiger partial charge in [0.2, 0.25) is 0 Å². The molecule has 0 radical (unpaired) electrons. The fourth-order valence-electron chi connectivity index (χ4n) is 1.25. The summed E-state index contributed by atoms with van der Waals surface area (Å²) in [6.07, 6.45) is 4.71. The van der Waals surface area contributed by atoms with E-state index in [0.29, 0.717) is 11.3 Å². The Morgan fingerprint density at radius 1 is 1.44 bits per heavy atom. The van der Waals surface area contributed by atoms with E-state index in [1.54, 1.807) is 13.0 Å². The standard InChI is InChI=1S/C13H14O2S/c1-10-5-6-12(9-14)8-13(10)4-3-7-16-11(2)15/h3-6,8-9H,7H2,1-2H3. The molecule has 2 nitrogen and oxygen atoms in total. The maximum atomic E-state index is 10.7. The molecule has 16 heavy (non-hydrogen) atoms. The molecule has 3 heteroatoms. The predicted molar refractivity (Wildman–Crippen MR) is 68.7 cm³/mol. The van der Waals surface area contributed by atoms with Crippen LogP contribution in [0.3, 0.4) is 0 Å². The van der Waals surface area contributed by atoms with Gasteiger partial charge >= 0.3 is 0 Å². The molecule has 1 aromatic carbocycles. The van der Waals surface area contributed by atoms with E-state index in [1.807, 2.05) is 31.2 Å². The first-order valence-corrected chi connectivity index (χ1v) is 5.98. The van der Waals surface area contributed by atoms with Gasteiger partial charge in [0.15, 0.2) is 5.12 Å². The summed E-state index contributed by atoms with van der Waals surface area (Å²) in [5.74, 6) is 0.667. The Morgan fingerprint density at radius 2 is 2.19 bits per heavy atom. The molecule has 0 atom stereocenters. The third-order valence-corrected chi connectivity index (χ3v) is 2.89. The molecule has 1 rings (SSSR count). The van der Waals surface area contributed by atoms with E-state index in [4.69, 9.17) is 0 Å². The average molecular weight is 234 g/mol. The van der Waals surface area contributed by atoms with Crippen LogP contribution in [0.15, 0.2) is 24.3 Å². The highest BCUT2D eigenvalue weighted by Crippen LogP contribution is 2.12. The molecule has 0 saturated carbocycles. The van der Waals surface area contributed by atoms with Crippen LogP contribution in [0.25, 0.3) is 6.08 Å². The Balaban J connectivity index is 2.71. The van der Waals surface area contributed by atoms with Crippen molar-refractivity contribution in [1.29, 1.82) is 0 Å². The molecule has 0 amide bonds. The van der Waals surface area contributed by atoms with Gasteiger partial charge in [-0.15, -0.1) is 0 Å². The van der Waals surface area contributed by atoms with E-state index in [0.717, 1.165) is 17.4 Å².